The smallest absolute Gasteiger partial charge is 0.325 e. The number of nitrogens with two attached hydrogens (primary N) is 2. The zero-order chi connectivity index (χ0) is 24.1. The molecule has 0 aliphatic rings. The third kappa shape index (κ3) is 23.8. The summed E-state index contributed by atoms with van der Waals surface area (Å²) in [6, 6.07) is -1.61. The lowest BCUT2D eigenvalue weighted by Crippen LogP contribution is -2.38. The maximum absolute atomic E-state index is 11.4. The van der Waals surface area contributed by atoms with Crippen LogP contribution in [-0.4, -0.2) is 52.6 Å². The van der Waals surface area contributed by atoms with Gasteiger partial charge in [-0.1, -0.05) is 58.3 Å². The van der Waals surface area contributed by atoms with Crippen LogP contribution >= 0.6 is 0 Å². The van der Waals surface area contributed by atoms with E-state index in [9.17, 15) is 14.4 Å². The van der Waals surface area contributed by atoms with Crippen LogP contribution in [0, 0.1) is 5.41 Å². The summed E-state index contributed by atoms with van der Waals surface area (Å²) in [4.78, 5) is 32.1. The lowest BCUT2D eigenvalue weighted by molar-refractivity contribution is -0.141. The van der Waals surface area contributed by atoms with Gasteiger partial charge in [-0.05, 0) is 26.2 Å². The van der Waals surface area contributed by atoms with Crippen molar-refractivity contribution >= 4 is 23.8 Å². The summed E-state index contributed by atoms with van der Waals surface area (Å²) in [6.07, 6.45) is 12.3. The Morgan fingerprint density at radius 1 is 0.903 bits per heavy atom. The normalized spacial score (nSPS) is 12.1. The summed E-state index contributed by atoms with van der Waals surface area (Å²) >= 11 is 0. The predicted molar refractivity (Wildman–Crippen MR) is 122 cm³/mol. The van der Waals surface area contributed by atoms with E-state index in [1.165, 1.54) is 51.9 Å². The third-order valence-corrected chi connectivity index (χ3v) is 4.58. The van der Waals surface area contributed by atoms with Crippen LogP contribution in [0.4, 0.5) is 0 Å². The number of rotatable bonds is 17. The molecule has 0 bridgehead atoms. The Bertz CT molecular complexity index is 516. The number of carboxylic acid groups (broad SMARTS) is 2. The minimum atomic E-state index is -1.00. The molecule has 0 saturated carbocycles. The van der Waals surface area contributed by atoms with Crippen molar-refractivity contribution < 1.29 is 24.6 Å². The summed E-state index contributed by atoms with van der Waals surface area (Å²) in [5, 5.41) is 28.8. The molecule has 182 valence electrons. The van der Waals surface area contributed by atoms with Gasteiger partial charge in [-0.25, -0.2) is 0 Å². The van der Waals surface area contributed by atoms with Crippen molar-refractivity contribution in [3.8, 4) is 0 Å². The van der Waals surface area contributed by atoms with E-state index >= 15 is 0 Å². The van der Waals surface area contributed by atoms with Crippen molar-refractivity contribution in [2.45, 2.75) is 103 Å². The second-order valence-electron chi connectivity index (χ2n) is 7.63. The highest BCUT2D eigenvalue weighted by atomic mass is 16.4. The highest BCUT2D eigenvalue weighted by Crippen LogP contribution is 2.10. The van der Waals surface area contributed by atoms with Gasteiger partial charge in [-0.15, -0.1) is 0 Å². The highest BCUT2D eigenvalue weighted by molar-refractivity contribution is 5.83. The average molecular weight is 446 g/mol. The van der Waals surface area contributed by atoms with Gasteiger partial charge in [0.2, 0.25) is 5.91 Å². The van der Waals surface area contributed by atoms with Gasteiger partial charge in [0.05, 0.1) is 0 Å². The number of unbranched alkanes of at least 4 members (excludes halogenated alkanes) is 8. The second-order valence-corrected chi connectivity index (χ2v) is 7.63. The maximum atomic E-state index is 11.4. The van der Waals surface area contributed by atoms with Crippen LogP contribution in [0.1, 0.15) is 90.9 Å². The number of hydrogen-bond donors (Lipinski definition) is 7. The van der Waals surface area contributed by atoms with E-state index in [1.807, 2.05) is 0 Å². The number of carbonyl (C=O) groups excluding carboxylic acids is 1. The van der Waals surface area contributed by atoms with Crippen molar-refractivity contribution in [3.05, 3.63) is 0 Å². The average Bonchev–Trinajstić information content (AvgIpc) is 2.69. The van der Waals surface area contributed by atoms with Crippen LogP contribution in [0.2, 0.25) is 0 Å². The standard InChI is InChI=1S/C15H29NO3.C6H14N4O2/c1-3-4-5-6-7-8-9-10-11-12-14(17)16-13(2)15(18)19;7-4(5(11)12)2-1-3-10-6(8)9/h13H,3-12H2,1-2H3,(H,16,17)(H,18,19);4H,1-3,7H2,(H,11,12)(H4,8,9,10)/t;4-/m.0/s1. The molecule has 0 saturated heterocycles. The van der Waals surface area contributed by atoms with Crippen LogP contribution in [-0.2, 0) is 14.4 Å². The van der Waals surface area contributed by atoms with Crippen LogP contribution in [0.25, 0.3) is 0 Å². The summed E-state index contributed by atoms with van der Waals surface area (Å²) < 4.78 is 0. The first-order chi connectivity index (χ1) is 14.6. The highest BCUT2D eigenvalue weighted by Gasteiger charge is 2.13. The maximum Gasteiger partial charge on any atom is 0.325 e. The van der Waals surface area contributed by atoms with E-state index in [0.29, 0.717) is 25.8 Å². The molecule has 0 rings (SSSR count). The molecule has 0 aromatic carbocycles. The van der Waals surface area contributed by atoms with Gasteiger partial charge < -0.3 is 32.3 Å². The van der Waals surface area contributed by atoms with E-state index < -0.39 is 24.0 Å². The van der Waals surface area contributed by atoms with Crippen LogP contribution < -0.4 is 22.1 Å². The summed E-state index contributed by atoms with van der Waals surface area (Å²) in [6.45, 7) is 4.18. The lowest BCUT2D eigenvalue weighted by Gasteiger charge is -2.08. The number of carbonyl (C=O) groups is 3. The first-order valence-corrected chi connectivity index (χ1v) is 11.2. The number of carboxylic acids is 2. The van der Waals surface area contributed by atoms with Crippen LogP contribution in [0.5, 0.6) is 0 Å². The topological polar surface area (TPSA) is 192 Å². The Morgan fingerprint density at radius 3 is 1.87 bits per heavy atom. The fourth-order valence-corrected chi connectivity index (χ4v) is 2.64. The van der Waals surface area contributed by atoms with Crippen molar-refractivity contribution in [1.29, 1.82) is 5.41 Å². The molecule has 31 heavy (non-hydrogen) atoms. The Hall–Kier alpha value is -2.36. The quantitative estimate of drug-likeness (QED) is 0.100. The monoisotopic (exact) mass is 445 g/mol. The van der Waals surface area contributed by atoms with Gasteiger partial charge in [0.1, 0.15) is 12.1 Å². The van der Waals surface area contributed by atoms with Gasteiger partial charge in [-0.2, -0.15) is 0 Å². The Labute approximate surface area is 186 Å². The molecule has 1 amide bonds. The van der Waals surface area contributed by atoms with Crippen molar-refractivity contribution in [3.63, 3.8) is 0 Å². The molecule has 0 aromatic rings. The molecule has 10 heteroatoms. The number of aliphatic carboxylic acids is 2. The molecule has 0 heterocycles. The number of nitrogens with one attached hydrogen (secondary N) is 3. The van der Waals surface area contributed by atoms with Crippen LogP contribution in [0.3, 0.4) is 0 Å². The van der Waals surface area contributed by atoms with Crippen molar-refractivity contribution in [2.75, 3.05) is 6.54 Å². The largest absolute Gasteiger partial charge is 0.480 e. The SMILES string of the molecule is CCCCCCCCCCCC(=O)NC(C)C(=O)O.N=C(N)NCCC[C@H](N)C(=O)O. The van der Waals surface area contributed by atoms with Gasteiger partial charge >= 0.3 is 11.9 Å². The first-order valence-electron chi connectivity index (χ1n) is 11.2. The molecule has 1 unspecified atom stereocenters. The van der Waals surface area contributed by atoms with E-state index in [2.05, 4.69) is 17.6 Å². The predicted octanol–water partition coefficient (Wildman–Crippen LogP) is 2.16. The minimum absolute atomic E-state index is 0.112. The van der Waals surface area contributed by atoms with E-state index in [0.717, 1.165) is 12.8 Å². The van der Waals surface area contributed by atoms with Gasteiger partial charge in [0, 0.05) is 13.0 Å². The fraction of sp³-hybridized carbons (Fsp3) is 0.810. The molecule has 0 aromatic heterocycles. The summed E-state index contributed by atoms with van der Waals surface area (Å²) in [7, 11) is 0. The fourth-order valence-electron chi connectivity index (χ4n) is 2.64. The number of hydrogen-bond acceptors (Lipinski definition) is 5. The zero-order valence-electron chi connectivity index (χ0n) is 19.1. The molecule has 0 fully saturated rings. The van der Waals surface area contributed by atoms with Crippen molar-refractivity contribution in [2.24, 2.45) is 11.5 Å². The summed E-state index contributed by atoms with van der Waals surface area (Å²) in [5.41, 5.74) is 10.2. The van der Waals surface area contributed by atoms with Crippen molar-refractivity contribution in [1.82, 2.24) is 10.6 Å². The number of amides is 1. The lowest BCUT2D eigenvalue weighted by atomic mass is 10.1. The Balaban J connectivity index is 0. The molecule has 0 spiro atoms. The molecule has 10 nitrogen and oxygen atoms in total. The molecular weight excluding hydrogens is 402 g/mol. The van der Waals surface area contributed by atoms with Crippen LogP contribution in [0.15, 0.2) is 0 Å². The van der Waals surface area contributed by atoms with Gasteiger partial charge in [-0.3, -0.25) is 19.8 Å². The molecule has 0 aliphatic heterocycles. The van der Waals surface area contributed by atoms with Gasteiger partial charge in [0.25, 0.3) is 0 Å². The van der Waals surface area contributed by atoms with Gasteiger partial charge in [0.15, 0.2) is 5.96 Å². The zero-order valence-corrected chi connectivity index (χ0v) is 19.1. The third-order valence-electron chi connectivity index (χ3n) is 4.58. The van der Waals surface area contributed by atoms with E-state index in [-0.39, 0.29) is 11.9 Å². The second kappa shape index (κ2) is 20.9. The molecule has 2 atom stereocenters. The van der Waals surface area contributed by atoms with E-state index in [4.69, 9.17) is 27.1 Å². The molecule has 0 radical (unpaired) electrons. The first kappa shape index (κ1) is 30.8. The Morgan fingerprint density at radius 2 is 1.42 bits per heavy atom. The Kier molecular flexibility index (Phi) is 20.8. The molecular formula is C21H43N5O5. The summed E-state index contributed by atoms with van der Waals surface area (Å²) in [5.74, 6) is -2.25. The molecule has 9 N–H and O–H groups in total. The minimum Gasteiger partial charge on any atom is -0.480 e. The number of guanidine groups is 1. The molecule has 0 aliphatic carbocycles. The van der Waals surface area contributed by atoms with E-state index in [1.54, 1.807) is 0 Å².